The Kier molecular flexibility index (Phi) is 5.83. The molecule has 1 aliphatic rings. The summed E-state index contributed by atoms with van der Waals surface area (Å²) in [5.41, 5.74) is 2.97. The van der Waals surface area contributed by atoms with Crippen molar-refractivity contribution in [2.75, 3.05) is 12.0 Å². The van der Waals surface area contributed by atoms with Crippen molar-refractivity contribution in [3.8, 4) is 5.75 Å². The maximum Gasteiger partial charge on any atom is 0.335 e. The molecular weight excluding hydrogens is 430 g/mol. The number of carbonyl (C=O) groups is 3. The largest absolute Gasteiger partial charge is 0.495 e. The molecule has 162 valence electrons. The number of carbonyl (C=O) groups excluding carboxylic acids is 3. The molecule has 0 saturated carbocycles. The number of rotatable bonds is 5. The van der Waals surface area contributed by atoms with Crippen molar-refractivity contribution >= 4 is 41.2 Å². The lowest BCUT2D eigenvalue weighted by Crippen LogP contribution is -2.54. The molecule has 2 aromatic carbocycles. The van der Waals surface area contributed by atoms with Gasteiger partial charge in [-0.3, -0.25) is 14.9 Å². The van der Waals surface area contributed by atoms with Crippen LogP contribution in [0.5, 0.6) is 5.75 Å². The molecule has 0 bridgehead atoms. The number of benzene rings is 2. The first kappa shape index (κ1) is 21.4. The van der Waals surface area contributed by atoms with E-state index in [9.17, 15) is 14.4 Å². The highest BCUT2D eigenvalue weighted by Crippen LogP contribution is 2.31. The maximum atomic E-state index is 13.1. The Hall–Kier alpha value is -3.84. The van der Waals surface area contributed by atoms with Crippen molar-refractivity contribution < 1.29 is 19.1 Å². The van der Waals surface area contributed by atoms with Gasteiger partial charge in [-0.25, -0.2) is 9.69 Å². The van der Waals surface area contributed by atoms with Gasteiger partial charge >= 0.3 is 6.03 Å². The predicted octanol–water partition coefficient (Wildman–Crippen LogP) is 4.17. The van der Waals surface area contributed by atoms with Crippen LogP contribution >= 0.6 is 11.6 Å². The minimum absolute atomic E-state index is 0.152. The van der Waals surface area contributed by atoms with Crippen LogP contribution in [0.4, 0.5) is 10.5 Å². The van der Waals surface area contributed by atoms with Gasteiger partial charge in [-0.2, -0.15) is 0 Å². The quantitative estimate of drug-likeness (QED) is 0.468. The van der Waals surface area contributed by atoms with Crippen molar-refractivity contribution in [1.29, 1.82) is 0 Å². The Morgan fingerprint density at radius 2 is 1.88 bits per heavy atom. The van der Waals surface area contributed by atoms with Crippen LogP contribution in [0.15, 0.2) is 66.4 Å². The normalized spacial score (nSPS) is 15.3. The minimum atomic E-state index is -0.839. The third kappa shape index (κ3) is 4.15. The van der Waals surface area contributed by atoms with Crippen LogP contribution in [0, 0.1) is 6.92 Å². The van der Waals surface area contributed by atoms with E-state index >= 15 is 0 Å². The molecule has 1 aliphatic heterocycles. The number of imide groups is 2. The van der Waals surface area contributed by atoms with Crippen LogP contribution in [0.3, 0.4) is 0 Å². The molecular formula is C24H20ClN3O4. The second-order valence-electron chi connectivity index (χ2n) is 7.33. The summed E-state index contributed by atoms with van der Waals surface area (Å²) in [5, 5.41) is 2.46. The molecule has 0 unspecified atom stereocenters. The van der Waals surface area contributed by atoms with Crippen molar-refractivity contribution in [1.82, 2.24) is 9.88 Å². The molecule has 0 aliphatic carbocycles. The second-order valence-corrected chi connectivity index (χ2v) is 7.73. The molecule has 4 amide bonds. The summed E-state index contributed by atoms with van der Waals surface area (Å²) in [6, 6.07) is 15.4. The second kappa shape index (κ2) is 8.72. The SMILES string of the molecule is COc1ccc(N2C(=O)NC(=O)C(=Cc3cccn3Cc3cccc(C)c3)C2=O)cc1Cl. The van der Waals surface area contributed by atoms with Crippen LogP contribution in [-0.2, 0) is 16.1 Å². The zero-order chi connectivity index (χ0) is 22.8. The van der Waals surface area contributed by atoms with Gasteiger partial charge in [0.2, 0.25) is 0 Å². The molecule has 4 rings (SSSR count). The van der Waals surface area contributed by atoms with Gasteiger partial charge in [0, 0.05) is 18.4 Å². The molecule has 8 heteroatoms. The summed E-state index contributed by atoms with van der Waals surface area (Å²) in [7, 11) is 1.46. The Bertz CT molecular complexity index is 1260. The molecule has 7 nitrogen and oxygen atoms in total. The number of hydrogen-bond acceptors (Lipinski definition) is 4. The van der Waals surface area contributed by atoms with E-state index in [-0.39, 0.29) is 16.3 Å². The van der Waals surface area contributed by atoms with Crippen LogP contribution < -0.4 is 15.0 Å². The van der Waals surface area contributed by atoms with E-state index < -0.39 is 17.8 Å². The number of anilines is 1. The summed E-state index contributed by atoms with van der Waals surface area (Å²) in [5.74, 6) is -1.08. The Balaban J connectivity index is 1.67. The minimum Gasteiger partial charge on any atom is -0.495 e. The van der Waals surface area contributed by atoms with E-state index in [1.165, 1.54) is 25.3 Å². The van der Waals surface area contributed by atoms with Crippen LogP contribution in [0.25, 0.3) is 6.08 Å². The molecule has 3 aromatic rings. The maximum absolute atomic E-state index is 13.1. The number of nitrogens with zero attached hydrogens (tertiary/aromatic N) is 2. The number of hydrogen-bond donors (Lipinski definition) is 1. The molecule has 1 aromatic heterocycles. The number of urea groups is 1. The smallest absolute Gasteiger partial charge is 0.335 e. The topological polar surface area (TPSA) is 80.6 Å². The van der Waals surface area contributed by atoms with Gasteiger partial charge in [-0.05, 0) is 48.9 Å². The monoisotopic (exact) mass is 449 g/mol. The van der Waals surface area contributed by atoms with E-state index in [2.05, 4.69) is 11.4 Å². The number of aromatic nitrogens is 1. The van der Waals surface area contributed by atoms with Gasteiger partial charge in [-0.15, -0.1) is 0 Å². The van der Waals surface area contributed by atoms with E-state index in [0.717, 1.165) is 16.0 Å². The summed E-state index contributed by atoms with van der Waals surface area (Å²) in [4.78, 5) is 39.0. The number of halogens is 1. The van der Waals surface area contributed by atoms with Gasteiger partial charge in [0.15, 0.2) is 0 Å². The number of methoxy groups -OCH3 is 1. The van der Waals surface area contributed by atoms with Crippen molar-refractivity contribution in [3.63, 3.8) is 0 Å². The molecule has 32 heavy (non-hydrogen) atoms. The van der Waals surface area contributed by atoms with Gasteiger partial charge in [-0.1, -0.05) is 41.4 Å². The number of aryl methyl sites for hydroxylation is 1. The van der Waals surface area contributed by atoms with E-state index in [1.807, 2.05) is 42.0 Å². The van der Waals surface area contributed by atoms with Gasteiger partial charge in [0.05, 0.1) is 17.8 Å². The van der Waals surface area contributed by atoms with Gasteiger partial charge in [0.1, 0.15) is 11.3 Å². The zero-order valence-corrected chi connectivity index (χ0v) is 18.2. The molecule has 0 atom stereocenters. The van der Waals surface area contributed by atoms with Gasteiger partial charge < -0.3 is 9.30 Å². The standard InChI is InChI=1S/C24H20ClN3O4/c1-15-5-3-6-16(11-15)14-27-10-4-7-17(27)12-19-22(29)26-24(31)28(23(19)30)18-8-9-21(32-2)20(25)13-18/h3-13H,14H2,1-2H3,(H,26,29,31). The molecule has 1 N–H and O–H groups in total. The van der Waals surface area contributed by atoms with E-state index in [4.69, 9.17) is 16.3 Å². The fourth-order valence-corrected chi connectivity index (χ4v) is 3.80. The van der Waals surface area contributed by atoms with Crippen LogP contribution in [0.2, 0.25) is 5.02 Å². The van der Waals surface area contributed by atoms with E-state index in [1.54, 1.807) is 12.1 Å². The number of barbiturate groups is 1. The highest BCUT2D eigenvalue weighted by molar-refractivity contribution is 6.39. The predicted molar refractivity (Wildman–Crippen MR) is 122 cm³/mol. The van der Waals surface area contributed by atoms with Crippen molar-refractivity contribution in [2.45, 2.75) is 13.5 Å². The summed E-state index contributed by atoms with van der Waals surface area (Å²) >= 11 is 6.15. The highest BCUT2D eigenvalue weighted by atomic mass is 35.5. The summed E-state index contributed by atoms with van der Waals surface area (Å²) in [6.45, 7) is 2.59. The number of nitrogens with one attached hydrogen (secondary N) is 1. The summed E-state index contributed by atoms with van der Waals surface area (Å²) < 4.78 is 7.04. The number of amides is 4. The zero-order valence-electron chi connectivity index (χ0n) is 17.5. The van der Waals surface area contributed by atoms with Crippen molar-refractivity contribution in [3.05, 3.63) is 88.2 Å². The highest BCUT2D eigenvalue weighted by Gasteiger charge is 2.37. The lowest BCUT2D eigenvalue weighted by atomic mass is 10.1. The third-order valence-electron chi connectivity index (χ3n) is 5.09. The van der Waals surface area contributed by atoms with Crippen LogP contribution in [-0.4, -0.2) is 29.5 Å². The first-order valence-corrected chi connectivity index (χ1v) is 10.2. The molecule has 0 spiro atoms. The molecule has 1 saturated heterocycles. The van der Waals surface area contributed by atoms with Crippen molar-refractivity contribution in [2.24, 2.45) is 0 Å². The van der Waals surface area contributed by atoms with Gasteiger partial charge in [0.25, 0.3) is 11.8 Å². The summed E-state index contributed by atoms with van der Waals surface area (Å²) in [6.07, 6.45) is 3.35. The Morgan fingerprint density at radius 1 is 1.06 bits per heavy atom. The Labute approximate surface area is 189 Å². The Morgan fingerprint density at radius 3 is 2.59 bits per heavy atom. The molecule has 1 fully saturated rings. The average molecular weight is 450 g/mol. The van der Waals surface area contributed by atoms with Crippen LogP contribution in [0.1, 0.15) is 16.8 Å². The average Bonchev–Trinajstić information content (AvgIpc) is 3.17. The number of ether oxygens (including phenoxy) is 1. The fraction of sp³-hybridized carbons (Fsp3) is 0.125. The lowest BCUT2D eigenvalue weighted by Gasteiger charge is -2.26. The first-order valence-electron chi connectivity index (χ1n) is 9.83. The molecule has 0 radical (unpaired) electrons. The third-order valence-corrected chi connectivity index (χ3v) is 5.38. The molecule has 2 heterocycles. The first-order chi connectivity index (χ1) is 15.4. The fourth-order valence-electron chi connectivity index (χ4n) is 3.54. The van der Waals surface area contributed by atoms with E-state index in [0.29, 0.717) is 18.0 Å². The lowest BCUT2D eigenvalue weighted by molar-refractivity contribution is -0.122.